The Hall–Kier alpha value is -0.0231. The lowest BCUT2D eigenvalue weighted by atomic mass is 10.7. The van der Waals surface area contributed by atoms with Gasteiger partial charge in [0.1, 0.15) is 6.79 Å². The molecule has 0 aromatic carbocycles. The first-order valence-corrected chi connectivity index (χ1v) is 7.54. The summed E-state index contributed by atoms with van der Waals surface area (Å²) in [5.74, 6) is 0. The molecule has 0 atom stereocenters. The summed E-state index contributed by atoms with van der Waals surface area (Å²) in [5.41, 5.74) is 0. The standard InChI is InChI=1S/C10H22O6Si/c1-3-12-5-7-14-9-16-17-10-15-8-6-13-4-2-11-1/h1-10,17H2. The zero-order valence-corrected chi connectivity index (χ0v) is 11.6. The second-order valence-corrected chi connectivity index (χ2v) is 4.61. The van der Waals surface area contributed by atoms with Crippen molar-refractivity contribution >= 4 is 9.76 Å². The van der Waals surface area contributed by atoms with E-state index in [0.717, 1.165) is 0 Å². The van der Waals surface area contributed by atoms with Gasteiger partial charge in [0, 0.05) is 0 Å². The lowest BCUT2D eigenvalue weighted by molar-refractivity contribution is -0.0293. The summed E-state index contributed by atoms with van der Waals surface area (Å²) >= 11 is 0. The highest BCUT2D eigenvalue weighted by molar-refractivity contribution is 6.26. The molecule has 0 amide bonds. The first-order chi connectivity index (χ1) is 8.50. The van der Waals surface area contributed by atoms with E-state index in [1.807, 2.05) is 0 Å². The minimum atomic E-state index is -0.624. The van der Waals surface area contributed by atoms with E-state index in [-0.39, 0.29) is 0 Å². The van der Waals surface area contributed by atoms with Gasteiger partial charge in [-0.1, -0.05) is 0 Å². The maximum atomic E-state index is 5.35. The fraction of sp³-hybridized carbons (Fsp3) is 1.00. The van der Waals surface area contributed by atoms with Crippen LogP contribution in [0.2, 0.25) is 0 Å². The van der Waals surface area contributed by atoms with Gasteiger partial charge in [0.05, 0.1) is 59.1 Å². The van der Waals surface area contributed by atoms with Crippen molar-refractivity contribution in [2.45, 2.75) is 0 Å². The van der Waals surface area contributed by atoms with E-state index in [4.69, 9.17) is 28.1 Å². The minimum Gasteiger partial charge on any atom is -0.400 e. The average molecular weight is 266 g/mol. The third kappa shape index (κ3) is 10.8. The van der Waals surface area contributed by atoms with Crippen molar-refractivity contribution in [3.05, 3.63) is 0 Å². The minimum absolute atomic E-state index is 0.339. The molecule has 0 radical (unpaired) electrons. The summed E-state index contributed by atoms with van der Waals surface area (Å²) in [6.07, 6.45) is 0.694. The summed E-state index contributed by atoms with van der Waals surface area (Å²) in [7, 11) is -0.624. The normalized spacial score (nSPS) is 25.4. The molecule has 0 spiro atoms. The van der Waals surface area contributed by atoms with Crippen LogP contribution in [0.4, 0.5) is 0 Å². The predicted molar refractivity (Wildman–Crippen MR) is 63.7 cm³/mol. The van der Waals surface area contributed by atoms with Crippen molar-refractivity contribution in [2.75, 3.05) is 65.9 Å². The molecule has 102 valence electrons. The van der Waals surface area contributed by atoms with Crippen LogP contribution in [-0.4, -0.2) is 75.6 Å². The lowest BCUT2D eigenvalue weighted by Gasteiger charge is -2.06. The molecular weight excluding hydrogens is 244 g/mol. The zero-order chi connectivity index (χ0) is 12.0. The van der Waals surface area contributed by atoms with Crippen molar-refractivity contribution in [3.8, 4) is 0 Å². The molecule has 1 heterocycles. The Balaban J connectivity index is 2.01. The molecule has 1 fully saturated rings. The van der Waals surface area contributed by atoms with Crippen molar-refractivity contribution in [1.29, 1.82) is 0 Å². The fourth-order valence-electron chi connectivity index (χ4n) is 1.17. The first kappa shape index (κ1) is 15.0. The molecule has 1 aliphatic heterocycles. The second kappa shape index (κ2) is 12.4. The third-order valence-electron chi connectivity index (χ3n) is 2.03. The van der Waals surface area contributed by atoms with Crippen LogP contribution >= 0.6 is 0 Å². The van der Waals surface area contributed by atoms with E-state index < -0.39 is 9.76 Å². The highest BCUT2D eigenvalue weighted by Crippen LogP contribution is 1.85. The lowest BCUT2D eigenvalue weighted by Crippen LogP contribution is -2.15. The van der Waals surface area contributed by atoms with Crippen LogP contribution < -0.4 is 0 Å². The maximum Gasteiger partial charge on any atom is 0.189 e. The highest BCUT2D eigenvalue weighted by Gasteiger charge is 1.95. The topological polar surface area (TPSA) is 55.4 Å². The molecule has 0 aliphatic carbocycles. The molecule has 7 heteroatoms. The Morgan fingerprint density at radius 2 is 1.00 bits per heavy atom. The average Bonchev–Trinajstić information content (AvgIpc) is 2.35. The van der Waals surface area contributed by atoms with Crippen LogP contribution in [0.1, 0.15) is 0 Å². The SMILES string of the molecule is C1COCCOCO[SiH2]COCCOCCO1. The molecule has 1 rings (SSSR count). The van der Waals surface area contributed by atoms with E-state index in [0.29, 0.717) is 65.9 Å². The van der Waals surface area contributed by atoms with Crippen LogP contribution in [0.5, 0.6) is 0 Å². The zero-order valence-electron chi connectivity index (χ0n) is 10.2. The van der Waals surface area contributed by atoms with Gasteiger partial charge >= 0.3 is 0 Å². The summed E-state index contributed by atoms with van der Waals surface area (Å²) < 4.78 is 31.8. The quantitative estimate of drug-likeness (QED) is 0.530. The van der Waals surface area contributed by atoms with Gasteiger partial charge in [0.2, 0.25) is 0 Å². The van der Waals surface area contributed by atoms with Crippen molar-refractivity contribution in [2.24, 2.45) is 0 Å². The van der Waals surface area contributed by atoms with Crippen LogP contribution in [0, 0.1) is 0 Å². The van der Waals surface area contributed by atoms with E-state index in [2.05, 4.69) is 0 Å². The molecule has 0 bridgehead atoms. The molecule has 0 aromatic rings. The molecule has 1 aliphatic rings. The van der Waals surface area contributed by atoms with Gasteiger partial charge in [-0.25, -0.2) is 0 Å². The molecule has 0 N–H and O–H groups in total. The van der Waals surface area contributed by atoms with Crippen LogP contribution in [0.15, 0.2) is 0 Å². The van der Waals surface area contributed by atoms with Crippen LogP contribution in [0.25, 0.3) is 0 Å². The van der Waals surface area contributed by atoms with E-state index in [9.17, 15) is 0 Å². The third-order valence-corrected chi connectivity index (χ3v) is 2.94. The number of rotatable bonds is 0. The highest BCUT2D eigenvalue weighted by atomic mass is 28.2. The molecule has 0 unspecified atom stereocenters. The molecule has 1 saturated heterocycles. The van der Waals surface area contributed by atoms with Gasteiger partial charge in [-0.3, -0.25) is 0 Å². The summed E-state index contributed by atoms with van der Waals surface area (Å²) in [6.45, 7) is 5.04. The number of ether oxygens (including phenoxy) is 5. The van der Waals surface area contributed by atoms with Gasteiger partial charge in [0.25, 0.3) is 0 Å². The van der Waals surface area contributed by atoms with E-state index in [1.54, 1.807) is 0 Å². The Morgan fingerprint density at radius 3 is 1.59 bits per heavy atom. The van der Waals surface area contributed by atoms with Gasteiger partial charge in [-0.05, 0) is 0 Å². The Morgan fingerprint density at radius 1 is 0.529 bits per heavy atom. The van der Waals surface area contributed by atoms with E-state index in [1.165, 1.54) is 0 Å². The largest absolute Gasteiger partial charge is 0.400 e. The molecule has 17 heavy (non-hydrogen) atoms. The monoisotopic (exact) mass is 266 g/mol. The molecule has 0 saturated carbocycles. The number of hydrogen-bond acceptors (Lipinski definition) is 6. The molecule has 6 nitrogen and oxygen atoms in total. The maximum absolute atomic E-state index is 5.35. The van der Waals surface area contributed by atoms with Gasteiger partial charge in [-0.15, -0.1) is 0 Å². The predicted octanol–water partition coefficient (Wildman–Crippen LogP) is -0.902. The van der Waals surface area contributed by atoms with Gasteiger partial charge < -0.3 is 28.1 Å². The van der Waals surface area contributed by atoms with E-state index >= 15 is 0 Å². The Kier molecular flexibility index (Phi) is 11.0. The van der Waals surface area contributed by atoms with Gasteiger partial charge in [0.15, 0.2) is 9.76 Å². The summed E-state index contributed by atoms with van der Waals surface area (Å²) in [4.78, 5) is 0. The fourth-order valence-corrected chi connectivity index (χ4v) is 1.85. The summed E-state index contributed by atoms with van der Waals surface area (Å²) in [5, 5.41) is 0. The van der Waals surface area contributed by atoms with Gasteiger partial charge in [-0.2, -0.15) is 0 Å². The van der Waals surface area contributed by atoms with Crippen molar-refractivity contribution < 1.29 is 28.1 Å². The first-order valence-electron chi connectivity index (χ1n) is 5.96. The Bertz CT molecular complexity index is 90.2. The molecular formula is C10H22O6Si. The second-order valence-electron chi connectivity index (χ2n) is 3.38. The van der Waals surface area contributed by atoms with Crippen molar-refractivity contribution in [1.82, 2.24) is 0 Å². The number of hydrogen-bond donors (Lipinski definition) is 0. The smallest absolute Gasteiger partial charge is 0.189 e. The van der Waals surface area contributed by atoms with Crippen LogP contribution in [0.3, 0.4) is 0 Å². The van der Waals surface area contributed by atoms with Crippen LogP contribution in [-0.2, 0) is 28.1 Å². The molecule has 0 aromatic heterocycles. The Labute approximate surface area is 104 Å². The van der Waals surface area contributed by atoms with Crippen molar-refractivity contribution in [3.63, 3.8) is 0 Å². The summed E-state index contributed by atoms with van der Waals surface area (Å²) in [6, 6.07) is 0.